The Morgan fingerprint density at radius 3 is 2.96 bits per heavy atom. The van der Waals surface area contributed by atoms with Gasteiger partial charge in [0.1, 0.15) is 17.8 Å². The Labute approximate surface area is 142 Å². The molecule has 1 atom stereocenters. The Bertz CT molecular complexity index is 838. The predicted molar refractivity (Wildman–Crippen MR) is 95.5 cm³/mol. The molecule has 0 radical (unpaired) electrons. The van der Waals surface area contributed by atoms with Gasteiger partial charge in [0.25, 0.3) is 0 Å². The molecule has 124 valence electrons. The fraction of sp³-hybridized carbons (Fsp3) is 0.421. The lowest BCUT2D eigenvalue weighted by Crippen LogP contribution is -2.35. The van der Waals surface area contributed by atoms with Gasteiger partial charge in [-0.2, -0.15) is 0 Å². The van der Waals surface area contributed by atoms with Gasteiger partial charge in [-0.25, -0.2) is 15.0 Å². The normalized spacial score (nSPS) is 18.5. The molecule has 4 rings (SSSR count). The third-order valence-electron chi connectivity index (χ3n) is 4.87. The quantitative estimate of drug-likeness (QED) is 0.739. The Morgan fingerprint density at radius 2 is 2.08 bits per heavy atom. The first-order chi connectivity index (χ1) is 11.7. The summed E-state index contributed by atoms with van der Waals surface area (Å²) >= 11 is 0. The maximum absolute atomic E-state index is 4.55. The molecule has 0 amide bonds. The standard InChI is InChI=1S/C19H23N5/c1-14(2)16-10-19(22-13-21-16)23-8-5-6-15(12-23)17-11-20-18-7-3-4-9-24(17)18/h3-4,7,9-11,13-15H,5-6,8,12H2,1-2H3/t15-/m1/s1. The maximum Gasteiger partial charge on any atom is 0.136 e. The van der Waals surface area contributed by atoms with Crippen LogP contribution >= 0.6 is 0 Å². The molecule has 1 fully saturated rings. The molecule has 1 aliphatic rings. The largest absolute Gasteiger partial charge is 0.356 e. The van der Waals surface area contributed by atoms with Gasteiger partial charge in [-0.15, -0.1) is 0 Å². The minimum Gasteiger partial charge on any atom is -0.356 e. The van der Waals surface area contributed by atoms with Crippen LogP contribution in [-0.4, -0.2) is 32.4 Å². The van der Waals surface area contributed by atoms with Gasteiger partial charge >= 0.3 is 0 Å². The first kappa shape index (κ1) is 15.1. The van der Waals surface area contributed by atoms with E-state index in [0.29, 0.717) is 11.8 Å². The van der Waals surface area contributed by atoms with Crippen molar-refractivity contribution in [3.63, 3.8) is 0 Å². The molecule has 0 saturated carbocycles. The first-order valence-corrected chi connectivity index (χ1v) is 8.71. The molecule has 1 aliphatic heterocycles. The Kier molecular flexibility index (Phi) is 3.92. The highest BCUT2D eigenvalue weighted by Gasteiger charge is 2.25. The summed E-state index contributed by atoms with van der Waals surface area (Å²) in [7, 11) is 0. The third kappa shape index (κ3) is 2.75. The van der Waals surface area contributed by atoms with Gasteiger partial charge in [0.15, 0.2) is 0 Å². The van der Waals surface area contributed by atoms with Crippen LogP contribution < -0.4 is 4.90 Å². The van der Waals surface area contributed by atoms with E-state index in [2.05, 4.69) is 62.5 Å². The van der Waals surface area contributed by atoms with E-state index in [9.17, 15) is 0 Å². The second kappa shape index (κ2) is 6.23. The van der Waals surface area contributed by atoms with Crippen molar-refractivity contribution in [1.29, 1.82) is 0 Å². The summed E-state index contributed by atoms with van der Waals surface area (Å²) in [6, 6.07) is 8.30. The number of fused-ring (bicyclic) bond motifs is 1. The Balaban J connectivity index is 1.61. The van der Waals surface area contributed by atoms with Crippen molar-refractivity contribution in [2.75, 3.05) is 18.0 Å². The van der Waals surface area contributed by atoms with Crippen molar-refractivity contribution in [3.8, 4) is 0 Å². The Hall–Kier alpha value is -2.43. The van der Waals surface area contributed by atoms with Crippen LogP contribution in [0, 0.1) is 0 Å². The SMILES string of the molecule is CC(C)c1cc(N2CCC[C@@H](c3cnc4ccccn34)C2)ncn1. The van der Waals surface area contributed by atoms with Crippen molar-refractivity contribution in [2.24, 2.45) is 0 Å². The maximum atomic E-state index is 4.55. The van der Waals surface area contributed by atoms with Gasteiger partial charge in [0.05, 0.1) is 0 Å². The fourth-order valence-electron chi connectivity index (χ4n) is 3.53. The zero-order chi connectivity index (χ0) is 16.5. The topological polar surface area (TPSA) is 46.3 Å². The van der Waals surface area contributed by atoms with E-state index in [4.69, 9.17) is 0 Å². The molecule has 0 bridgehead atoms. The second-order valence-corrected chi connectivity index (χ2v) is 6.85. The number of nitrogens with zero attached hydrogens (tertiary/aromatic N) is 5. The highest BCUT2D eigenvalue weighted by Crippen LogP contribution is 2.30. The molecule has 0 N–H and O–H groups in total. The first-order valence-electron chi connectivity index (χ1n) is 8.71. The van der Waals surface area contributed by atoms with E-state index < -0.39 is 0 Å². The van der Waals surface area contributed by atoms with E-state index in [1.54, 1.807) is 6.33 Å². The summed E-state index contributed by atoms with van der Waals surface area (Å²) in [5.74, 6) is 1.95. The van der Waals surface area contributed by atoms with Crippen LogP contribution in [0.5, 0.6) is 0 Å². The van der Waals surface area contributed by atoms with E-state index >= 15 is 0 Å². The molecule has 0 unspecified atom stereocenters. The van der Waals surface area contributed by atoms with Crippen molar-refractivity contribution >= 4 is 11.5 Å². The summed E-state index contributed by atoms with van der Waals surface area (Å²) in [5.41, 5.74) is 3.43. The molecule has 0 aliphatic carbocycles. The van der Waals surface area contributed by atoms with Crippen LogP contribution in [0.25, 0.3) is 5.65 Å². The molecular formula is C19H23N5. The predicted octanol–water partition coefficient (Wildman–Crippen LogP) is 3.63. The van der Waals surface area contributed by atoms with Gasteiger partial charge < -0.3 is 9.30 Å². The zero-order valence-electron chi connectivity index (χ0n) is 14.3. The van der Waals surface area contributed by atoms with E-state index in [1.807, 2.05) is 12.3 Å². The van der Waals surface area contributed by atoms with Crippen LogP contribution in [0.4, 0.5) is 5.82 Å². The van der Waals surface area contributed by atoms with E-state index in [1.165, 1.54) is 18.5 Å². The average molecular weight is 321 g/mol. The van der Waals surface area contributed by atoms with Gasteiger partial charge in [-0.05, 0) is 30.9 Å². The van der Waals surface area contributed by atoms with Gasteiger partial charge in [0.2, 0.25) is 0 Å². The molecule has 3 aromatic heterocycles. The molecule has 1 saturated heterocycles. The molecule has 4 heterocycles. The van der Waals surface area contributed by atoms with E-state index in [0.717, 1.165) is 30.2 Å². The zero-order valence-corrected chi connectivity index (χ0v) is 14.3. The molecule has 24 heavy (non-hydrogen) atoms. The minimum absolute atomic E-state index is 0.422. The van der Waals surface area contributed by atoms with Crippen molar-refractivity contribution in [3.05, 3.63) is 54.4 Å². The number of anilines is 1. The number of pyridine rings is 1. The average Bonchev–Trinajstić information content (AvgIpc) is 3.06. The number of imidazole rings is 1. The van der Waals surface area contributed by atoms with Crippen molar-refractivity contribution in [2.45, 2.75) is 38.5 Å². The molecule has 0 spiro atoms. The lowest BCUT2D eigenvalue weighted by atomic mass is 9.95. The number of hydrogen-bond donors (Lipinski definition) is 0. The smallest absolute Gasteiger partial charge is 0.136 e. The van der Waals surface area contributed by atoms with Crippen LogP contribution in [0.3, 0.4) is 0 Å². The number of rotatable bonds is 3. The fourth-order valence-corrected chi connectivity index (χ4v) is 3.53. The molecule has 0 aromatic carbocycles. The summed E-state index contributed by atoms with van der Waals surface area (Å²) in [6.07, 6.45) is 8.21. The summed E-state index contributed by atoms with van der Waals surface area (Å²) in [5, 5.41) is 0. The highest BCUT2D eigenvalue weighted by molar-refractivity contribution is 5.43. The monoisotopic (exact) mass is 321 g/mol. The summed E-state index contributed by atoms with van der Waals surface area (Å²) in [4.78, 5) is 15.8. The molecule has 5 heteroatoms. The molecular weight excluding hydrogens is 298 g/mol. The van der Waals surface area contributed by atoms with Crippen molar-refractivity contribution < 1.29 is 0 Å². The number of hydrogen-bond acceptors (Lipinski definition) is 4. The van der Waals surface area contributed by atoms with Gasteiger partial charge in [-0.1, -0.05) is 19.9 Å². The van der Waals surface area contributed by atoms with Crippen molar-refractivity contribution in [1.82, 2.24) is 19.4 Å². The van der Waals surface area contributed by atoms with Crippen LogP contribution in [0.1, 0.15) is 49.9 Å². The third-order valence-corrected chi connectivity index (χ3v) is 4.87. The van der Waals surface area contributed by atoms with Gasteiger partial charge in [-0.3, -0.25) is 0 Å². The molecule has 3 aromatic rings. The summed E-state index contributed by atoms with van der Waals surface area (Å²) < 4.78 is 2.22. The lowest BCUT2D eigenvalue weighted by molar-refractivity contribution is 0.496. The summed E-state index contributed by atoms with van der Waals surface area (Å²) in [6.45, 7) is 6.38. The Morgan fingerprint density at radius 1 is 1.17 bits per heavy atom. The minimum atomic E-state index is 0.422. The van der Waals surface area contributed by atoms with E-state index in [-0.39, 0.29) is 0 Å². The van der Waals surface area contributed by atoms with Crippen LogP contribution in [0.2, 0.25) is 0 Å². The van der Waals surface area contributed by atoms with Crippen LogP contribution in [-0.2, 0) is 0 Å². The lowest BCUT2D eigenvalue weighted by Gasteiger charge is -2.33. The van der Waals surface area contributed by atoms with Gasteiger partial charge in [0, 0.05) is 48.9 Å². The highest BCUT2D eigenvalue weighted by atomic mass is 15.2. The number of aromatic nitrogens is 4. The molecule has 5 nitrogen and oxygen atoms in total. The number of piperidine rings is 1. The second-order valence-electron chi connectivity index (χ2n) is 6.85. The van der Waals surface area contributed by atoms with Crippen LogP contribution in [0.15, 0.2) is 43.0 Å².